The van der Waals surface area contributed by atoms with E-state index in [1.54, 1.807) is 10.5 Å². The minimum atomic E-state index is -3.36. The van der Waals surface area contributed by atoms with Gasteiger partial charge in [0.05, 0.1) is 0 Å². The number of sulfonamides is 1. The zero-order chi connectivity index (χ0) is 15.5. The number of aryl methyl sites for hydroxylation is 1. The number of rotatable bonds is 6. The van der Waals surface area contributed by atoms with Gasteiger partial charge in [-0.3, -0.25) is 0 Å². The third kappa shape index (κ3) is 3.49. The Morgan fingerprint density at radius 3 is 2.71 bits per heavy atom. The Bertz CT molecular complexity index is 565. The predicted octanol–water partition coefficient (Wildman–Crippen LogP) is 2.18. The van der Waals surface area contributed by atoms with E-state index < -0.39 is 10.0 Å². The molecule has 1 aromatic heterocycles. The first-order valence-electron chi connectivity index (χ1n) is 7.92. The first kappa shape index (κ1) is 16.5. The molecule has 0 bridgehead atoms. The Morgan fingerprint density at radius 1 is 1.33 bits per heavy atom. The van der Waals surface area contributed by atoms with Gasteiger partial charge in [-0.2, -0.15) is 4.31 Å². The highest BCUT2D eigenvalue weighted by molar-refractivity contribution is 7.89. The Labute approximate surface area is 128 Å². The van der Waals surface area contributed by atoms with Crippen LogP contribution in [0.3, 0.4) is 0 Å². The second-order valence-electron chi connectivity index (χ2n) is 5.69. The molecule has 2 rings (SSSR count). The molecule has 0 spiro atoms. The van der Waals surface area contributed by atoms with Crippen molar-refractivity contribution in [2.45, 2.75) is 64.1 Å². The van der Waals surface area contributed by atoms with Gasteiger partial charge in [-0.15, -0.1) is 0 Å². The lowest BCUT2D eigenvalue weighted by molar-refractivity contribution is 0.268. The monoisotopic (exact) mass is 313 g/mol. The van der Waals surface area contributed by atoms with Gasteiger partial charge >= 0.3 is 0 Å². The van der Waals surface area contributed by atoms with Gasteiger partial charge in [0, 0.05) is 37.6 Å². The minimum Gasteiger partial charge on any atom is -0.349 e. The summed E-state index contributed by atoms with van der Waals surface area (Å²) in [6.45, 7) is 9.10. The van der Waals surface area contributed by atoms with E-state index >= 15 is 0 Å². The van der Waals surface area contributed by atoms with E-state index in [0.717, 1.165) is 38.0 Å². The molecular weight excluding hydrogens is 286 g/mol. The summed E-state index contributed by atoms with van der Waals surface area (Å²) in [5.74, 6) is 0. The standard InChI is InChI=1S/C15H27N3O2S/c1-4-16-11-14-10-15(12-17(14)5-2)21(19,20)18-9-7-6-8-13(18)3/h10,12-13,16H,4-9,11H2,1-3H3. The summed E-state index contributed by atoms with van der Waals surface area (Å²) < 4.78 is 29.4. The van der Waals surface area contributed by atoms with E-state index in [1.807, 2.05) is 31.4 Å². The lowest BCUT2D eigenvalue weighted by Gasteiger charge is -2.31. The van der Waals surface area contributed by atoms with Crippen LogP contribution >= 0.6 is 0 Å². The van der Waals surface area contributed by atoms with Crippen LogP contribution in [0, 0.1) is 0 Å². The van der Waals surface area contributed by atoms with Crippen LogP contribution in [-0.4, -0.2) is 36.4 Å². The number of hydrogen-bond acceptors (Lipinski definition) is 3. The largest absolute Gasteiger partial charge is 0.349 e. The molecule has 1 unspecified atom stereocenters. The van der Waals surface area contributed by atoms with E-state index in [1.165, 1.54) is 0 Å². The molecule has 1 N–H and O–H groups in total. The lowest BCUT2D eigenvalue weighted by atomic mass is 10.1. The van der Waals surface area contributed by atoms with Crippen molar-refractivity contribution in [1.82, 2.24) is 14.2 Å². The van der Waals surface area contributed by atoms with E-state index in [4.69, 9.17) is 0 Å². The molecule has 1 saturated heterocycles. The maximum absolute atomic E-state index is 12.8. The van der Waals surface area contributed by atoms with Gasteiger partial charge in [-0.05, 0) is 39.3 Å². The predicted molar refractivity (Wildman–Crippen MR) is 84.7 cm³/mol. The molecule has 2 heterocycles. The topological polar surface area (TPSA) is 54.3 Å². The molecule has 0 saturated carbocycles. The van der Waals surface area contributed by atoms with Crippen LogP contribution in [0.15, 0.2) is 17.2 Å². The van der Waals surface area contributed by atoms with Crippen molar-refractivity contribution in [2.24, 2.45) is 0 Å². The van der Waals surface area contributed by atoms with Gasteiger partial charge in [0.15, 0.2) is 0 Å². The fraction of sp³-hybridized carbons (Fsp3) is 0.733. The molecule has 6 heteroatoms. The van der Waals surface area contributed by atoms with Crippen LogP contribution in [0.25, 0.3) is 0 Å². The van der Waals surface area contributed by atoms with Crippen LogP contribution in [0.1, 0.15) is 45.7 Å². The number of hydrogen-bond donors (Lipinski definition) is 1. The second kappa shape index (κ2) is 6.94. The molecule has 1 fully saturated rings. The third-order valence-corrected chi connectivity index (χ3v) is 6.19. The molecule has 0 aliphatic carbocycles. The first-order chi connectivity index (χ1) is 10.0. The summed E-state index contributed by atoms with van der Waals surface area (Å²) in [6, 6.07) is 1.92. The Morgan fingerprint density at radius 2 is 2.10 bits per heavy atom. The zero-order valence-corrected chi connectivity index (χ0v) is 14.1. The van der Waals surface area contributed by atoms with Crippen molar-refractivity contribution >= 4 is 10.0 Å². The Balaban J connectivity index is 2.29. The van der Waals surface area contributed by atoms with Crippen LogP contribution < -0.4 is 5.32 Å². The number of nitrogens with zero attached hydrogens (tertiary/aromatic N) is 2. The molecular formula is C15H27N3O2S. The van der Waals surface area contributed by atoms with E-state index in [-0.39, 0.29) is 6.04 Å². The first-order valence-corrected chi connectivity index (χ1v) is 9.36. The van der Waals surface area contributed by atoms with Crippen molar-refractivity contribution in [3.63, 3.8) is 0 Å². The molecule has 1 aliphatic rings. The summed E-state index contributed by atoms with van der Waals surface area (Å²) in [4.78, 5) is 0.436. The Hall–Kier alpha value is -0.850. The second-order valence-corrected chi connectivity index (χ2v) is 7.58. The lowest BCUT2D eigenvalue weighted by Crippen LogP contribution is -2.41. The van der Waals surface area contributed by atoms with Gasteiger partial charge in [0.1, 0.15) is 4.90 Å². The summed E-state index contributed by atoms with van der Waals surface area (Å²) in [5, 5.41) is 3.26. The fourth-order valence-corrected chi connectivity index (χ4v) is 4.69. The minimum absolute atomic E-state index is 0.103. The third-order valence-electron chi connectivity index (χ3n) is 4.21. The van der Waals surface area contributed by atoms with Crippen molar-refractivity contribution in [3.05, 3.63) is 18.0 Å². The van der Waals surface area contributed by atoms with Crippen molar-refractivity contribution < 1.29 is 8.42 Å². The smallest absolute Gasteiger partial charge is 0.244 e. The van der Waals surface area contributed by atoms with Gasteiger partial charge in [0.25, 0.3) is 0 Å². The average Bonchev–Trinajstić information content (AvgIpc) is 2.89. The molecule has 0 aromatic carbocycles. The maximum Gasteiger partial charge on any atom is 0.244 e. The van der Waals surface area contributed by atoms with E-state index in [9.17, 15) is 8.42 Å². The SMILES string of the molecule is CCNCc1cc(S(=O)(=O)N2CCCCC2C)cn1CC. The molecule has 1 aliphatic heterocycles. The highest BCUT2D eigenvalue weighted by atomic mass is 32.2. The van der Waals surface area contributed by atoms with Gasteiger partial charge in [-0.1, -0.05) is 13.3 Å². The van der Waals surface area contributed by atoms with Crippen molar-refractivity contribution in [1.29, 1.82) is 0 Å². The number of nitrogens with one attached hydrogen (secondary N) is 1. The summed E-state index contributed by atoms with van der Waals surface area (Å²) in [7, 11) is -3.36. The highest BCUT2D eigenvalue weighted by Crippen LogP contribution is 2.26. The molecule has 0 radical (unpaired) electrons. The van der Waals surface area contributed by atoms with Gasteiger partial charge in [0.2, 0.25) is 10.0 Å². The van der Waals surface area contributed by atoms with Gasteiger partial charge in [-0.25, -0.2) is 8.42 Å². The molecule has 0 amide bonds. The van der Waals surface area contributed by atoms with E-state index in [0.29, 0.717) is 18.0 Å². The molecule has 5 nitrogen and oxygen atoms in total. The summed E-state index contributed by atoms with van der Waals surface area (Å²) >= 11 is 0. The van der Waals surface area contributed by atoms with Crippen LogP contribution in [0.5, 0.6) is 0 Å². The van der Waals surface area contributed by atoms with Gasteiger partial charge < -0.3 is 9.88 Å². The molecule has 1 atom stereocenters. The number of aromatic nitrogens is 1. The zero-order valence-electron chi connectivity index (χ0n) is 13.3. The number of piperidine rings is 1. The maximum atomic E-state index is 12.8. The normalized spacial score (nSPS) is 20.8. The van der Waals surface area contributed by atoms with Crippen molar-refractivity contribution in [2.75, 3.05) is 13.1 Å². The quantitative estimate of drug-likeness (QED) is 0.876. The van der Waals surface area contributed by atoms with Crippen LogP contribution in [0.2, 0.25) is 0 Å². The molecule has 21 heavy (non-hydrogen) atoms. The van der Waals surface area contributed by atoms with E-state index in [2.05, 4.69) is 5.32 Å². The average molecular weight is 313 g/mol. The van der Waals surface area contributed by atoms with Crippen LogP contribution in [0.4, 0.5) is 0 Å². The molecule has 120 valence electrons. The highest BCUT2D eigenvalue weighted by Gasteiger charge is 2.32. The molecule has 1 aromatic rings. The Kier molecular flexibility index (Phi) is 5.46. The van der Waals surface area contributed by atoms with Crippen molar-refractivity contribution in [3.8, 4) is 0 Å². The summed E-state index contributed by atoms with van der Waals surface area (Å²) in [6.07, 6.45) is 4.82. The summed E-state index contributed by atoms with van der Waals surface area (Å²) in [5.41, 5.74) is 1.03. The fourth-order valence-electron chi connectivity index (χ4n) is 2.93. The van der Waals surface area contributed by atoms with Crippen LogP contribution in [-0.2, 0) is 23.1 Å².